The minimum absolute atomic E-state index is 0.0799. The van der Waals surface area contributed by atoms with Gasteiger partial charge in [-0.15, -0.1) is 0 Å². The Kier molecular flexibility index (Phi) is 2.59. The number of ether oxygens (including phenoxy) is 1. The number of halogens is 1. The van der Waals surface area contributed by atoms with Crippen LogP contribution in [0.2, 0.25) is 0 Å². The largest absolute Gasteiger partial charge is 0.492 e. The maximum atomic E-state index is 13.7. The molecule has 2 aromatic rings. The SMILES string of the molecule is O=C1CCOc2cc(-c3ccccc3F)ccc21. The molecule has 1 aliphatic heterocycles. The topological polar surface area (TPSA) is 26.3 Å². The summed E-state index contributed by atoms with van der Waals surface area (Å²) in [6.07, 6.45) is 0.409. The standard InChI is InChI=1S/C15H11FO2/c16-13-4-2-1-3-11(13)10-5-6-12-14(17)7-8-18-15(12)9-10/h1-6,9H,7-8H2. The second kappa shape index (κ2) is 4.26. The molecule has 0 N–H and O–H groups in total. The molecule has 0 bridgehead atoms. The van der Waals surface area contributed by atoms with Crippen LogP contribution in [0.25, 0.3) is 11.1 Å². The first-order valence-electron chi connectivity index (χ1n) is 5.80. The lowest BCUT2D eigenvalue weighted by Gasteiger charge is -2.17. The first-order valence-corrected chi connectivity index (χ1v) is 5.80. The van der Waals surface area contributed by atoms with Crippen LogP contribution in [0.5, 0.6) is 5.75 Å². The monoisotopic (exact) mass is 242 g/mol. The predicted molar refractivity (Wildman–Crippen MR) is 66.3 cm³/mol. The van der Waals surface area contributed by atoms with Gasteiger partial charge in [0.1, 0.15) is 11.6 Å². The second-order valence-electron chi connectivity index (χ2n) is 4.21. The van der Waals surface area contributed by atoms with Gasteiger partial charge in [-0.3, -0.25) is 4.79 Å². The third-order valence-electron chi connectivity index (χ3n) is 3.05. The molecule has 0 fully saturated rings. The Hall–Kier alpha value is -2.16. The van der Waals surface area contributed by atoms with Crippen LogP contribution in [0.15, 0.2) is 42.5 Å². The molecule has 90 valence electrons. The highest BCUT2D eigenvalue weighted by Crippen LogP contribution is 2.31. The van der Waals surface area contributed by atoms with Gasteiger partial charge in [0.25, 0.3) is 0 Å². The molecule has 3 rings (SSSR count). The van der Waals surface area contributed by atoms with Gasteiger partial charge in [0, 0.05) is 12.0 Å². The number of Topliss-reactive ketones (excluding diaryl/α,β-unsaturated/α-hetero) is 1. The Morgan fingerprint density at radius 3 is 2.72 bits per heavy atom. The van der Waals surface area contributed by atoms with E-state index in [0.29, 0.717) is 29.9 Å². The molecule has 0 saturated carbocycles. The number of hydrogen-bond donors (Lipinski definition) is 0. The molecule has 1 aliphatic rings. The average Bonchev–Trinajstić information content (AvgIpc) is 2.39. The molecule has 0 unspecified atom stereocenters. The highest BCUT2D eigenvalue weighted by molar-refractivity contribution is 6.00. The summed E-state index contributed by atoms with van der Waals surface area (Å²) in [5, 5.41) is 0. The van der Waals surface area contributed by atoms with Crippen molar-refractivity contribution in [2.75, 3.05) is 6.61 Å². The summed E-state index contributed by atoms with van der Waals surface area (Å²) in [6, 6.07) is 11.7. The number of benzene rings is 2. The summed E-state index contributed by atoms with van der Waals surface area (Å²) in [5.41, 5.74) is 1.82. The van der Waals surface area contributed by atoms with Crippen molar-refractivity contribution < 1.29 is 13.9 Å². The summed E-state index contributed by atoms with van der Waals surface area (Å²) in [4.78, 5) is 11.6. The van der Waals surface area contributed by atoms with Gasteiger partial charge in [0.05, 0.1) is 12.2 Å². The second-order valence-corrected chi connectivity index (χ2v) is 4.21. The maximum Gasteiger partial charge on any atom is 0.169 e. The van der Waals surface area contributed by atoms with Gasteiger partial charge in [-0.25, -0.2) is 4.39 Å². The maximum absolute atomic E-state index is 13.7. The molecular weight excluding hydrogens is 231 g/mol. The fourth-order valence-corrected chi connectivity index (χ4v) is 2.12. The van der Waals surface area contributed by atoms with Crippen molar-refractivity contribution >= 4 is 5.78 Å². The van der Waals surface area contributed by atoms with Crippen LogP contribution < -0.4 is 4.74 Å². The van der Waals surface area contributed by atoms with Crippen LogP contribution in [0.4, 0.5) is 4.39 Å². The Labute approximate surface area is 104 Å². The fraction of sp³-hybridized carbons (Fsp3) is 0.133. The average molecular weight is 242 g/mol. The van der Waals surface area contributed by atoms with Crippen molar-refractivity contribution in [3.8, 4) is 16.9 Å². The Morgan fingerprint density at radius 1 is 1.06 bits per heavy atom. The Balaban J connectivity index is 2.10. The van der Waals surface area contributed by atoms with Gasteiger partial charge in [-0.05, 0) is 23.8 Å². The van der Waals surface area contributed by atoms with Crippen molar-refractivity contribution in [2.24, 2.45) is 0 Å². The van der Waals surface area contributed by atoms with Crippen LogP contribution in [-0.2, 0) is 0 Å². The van der Waals surface area contributed by atoms with Crippen LogP contribution in [0, 0.1) is 5.82 Å². The van der Waals surface area contributed by atoms with Gasteiger partial charge in [0.2, 0.25) is 0 Å². The number of ketones is 1. The first kappa shape index (κ1) is 11.0. The summed E-state index contributed by atoms with van der Waals surface area (Å²) in [6.45, 7) is 0.395. The van der Waals surface area contributed by atoms with E-state index in [2.05, 4.69) is 0 Å². The van der Waals surface area contributed by atoms with Crippen molar-refractivity contribution in [1.82, 2.24) is 0 Å². The van der Waals surface area contributed by atoms with E-state index in [-0.39, 0.29) is 11.6 Å². The van der Waals surface area contributed by atoms with Crippen LogP contribution in [-0.4, -0.2) is 12.4 Å². The van der Waals surface area contributed by atoms with Crippen LogP contribution in [0.3, 0.4) is 0 Å². The molecule has 1 heterocycles. The van der Waals surface area contributed by atoms with E-state index in [1.54, 1.807) is 36.4 Å². The third-order valence-corrected chi connectivity index (χ3v) is 3.05. The molecular formula is C15H11FO2. The molecule has 0 amide bonds. The lowest BCUT2D eigenvalue weighted by molar-refractivity contribution is 0.0933. The molecule has 0 radical (unpaired) electrons. The Bertz CT molecular complexity index is 620. The molecule has 0 atom stereocenters. The number of carbonyl (C=O) groups excluding carboxylic acids is 1. The van der Waals surface area contributed by atoms with Gasteiger partial charge >= 0.3 is 0 Å². The Morgan fingerprint density at radius 2 is 1.89 bits per heavy atom. The van der Waals surface area contributed by atoms with Crippen molar-refractivity contribution in [3.05, 3.63) is 53.8 Å². The van der Waals surface area contributed by atoms with Crippen molar-refractivity contribution in [1.29, 1.82) is 0 Å². The fourth-order valence-electron chi connectivity index (χ4n) is 2.12. The van der Waals surface area contributed by atoms with E-state index in [4.69, 9.17) is 4.74 Å². The lowest BCUT2D eigenvalue weighted by atomic mass is 9.99. The minimum Gasteiger partial charge on any atom is -0.492 e. The van der Waals surface area contributed by atoms with Crippen LogP contribution >= 0.6 is 0 Å². The quantitative estimate of drug-likeness (QED) is 0.765. The van der Waals surface area contributed by atoms with Gasteiger partial charge in [0.15, 0.2) is 5.78 Å². The normalized spacial score (nSPS) is 13.9. The predicted octanol–water partition coefficient (Wildman–Crippen LogP) is 3.46. The van der Waals surface area contributed by atoms with Gasteiger partial charge < -0.3 is 4.74 Å². The van der Waals surface area contributed by atoms with E-state index in [1.807, 2.05) is 0 Å². The zero-order chi connectivity index (χ0) is 12.5. The number of fused-ring (bicyclic) bond motifs is 1. The van der Waals surface area contributed by atoms with E-state index < -0.39 is 0 Å². The zero-order valence-electron chi connectivity index (χ0n) is 9.65. The molecule has 0 aromatic heterocycles. The smallest absolute Gasteiger partial charge is 0.169 e. The third kappa shape index (κ3) is 1.78. The summed E-state index contributed by atoms with van der Waals surface area (Å²) in [5.74, 6) is 0.350. The van der Waals surface area contributed by atoms with Gasteiger partial charge in [-0.2, -0.15) is 0 Å². The number of carbonyl (C=O) groups is 1. The first-order chi connectivity index (χ1) is 8.75. The van der Waals surface area contributed by atoms with E-state index in [1.165, 1.54) is 6.07 Å². The summed E-state index contributed by atoms with van der Waals surface area (Å²) in [7, 11) is 0. The summed E-state index contributed by atoms with van der Waals surface area (Å²) < 4.78 is 19.1. The molecule has 2 nitrogen and oxygen atoms in total. The molecule has 0 spiro atoms. The molecule has 3 heteroatoms. The lowest BCUT2D eigenvalue weighted by Crippen LogP contribution is -2.15. The van der Waals surface area contributed by atoms with E-state index >= 15 is 0 Å². The molecule has 2 aromatic carbocycles. The van der Waals surface area contributed by atoms with E-state index in [9.17, 15) is 9.18 Å². The molecule has 0 aliphatic carbocycles. The molecule has 0 saturated heterocycles. The van der Waals surface area contributed by atoms with Crippen LogP contribution in [0.1, 0.15) is 16.8 Å². The van der Waals surface area contributed by atoms with Crippen molar-refractivity contribution in [3.63, 3.8) is 0 Å². The molecule has 18 heavy (non-hydrogen) atoms. The highest BCUT2D eigenvalue weighted by atomic mass is 19.1. The highest BCUT2D eigenvalue weighted by Gasteiger charge is 2.19. The van der Waals surface area contributed by atoms with Crippen molar-refractivity contribution in [2.45, 2.75) is 6.42 Å². The number of hydrogen-bond acceptors (Lipinski definition) is 2. The minimum atomic E-state index is -0.278. The summed E-state index contributed by atoms with van der Waals surface area (Å²) >= 11 is 0. The zero-order valence-corrected chi connectivity index (χ0v) is 9.65. The van der Waals surface area contributed by atoms with E-state index in [0.717, 1.165) is 5.56 Å². The van der Waals surface area contributed by atoms with Gasteiger partial charge in [-0.1, -0.05) is 24.3 Å². The number of rotatable bonds is 1.